The quantitative estimate of drug-likeness (QED) is 0.266. The molecule has 1 aromatic rings. The van der Waals surface area contributed by atoms with Crippen molar-refractivity contribution in [2.24, 2.45) is 0 Å². The predicted octanol–water partition coefficient (Wildman–Crippen LogP) is 0.570. The van der Waals surface area contributed by atoms with Crippen molar-refractivity contribution in [2.75, 3.05) is 43.7 Å². The molecule has 158 valence electrons. The van der Waals surface area contributed by atoms with Gasteiger partial charge in [-0.1, -0.05) is 0 Å². The maximum atomic E-state index is 11.5. The molecule has 0 unspecified atom stereocenters. The van der Waals surface area contributed by atoms with Crippen molar-refractivity contribution in [3.8, 4) is 0 Å². The van der Waals surface area contributed by atoms with E-state index in [1.807, 2.05) is 0 Å². The first kappa shape index (κ1) is 23.7. The molecule has 0 aromatic heterocycles. The molecule has 0 saturated carbocycles. The number of benzene rings is 1. The van der Waals surface area contributed by atoms with Crippen molar-refractivity contribution in [1.29, 1.82) is 0 Å². The summed E-state index contributed by atoms with van der Waals surface area (Å²) in [5, 5.41) is 22.5. The SMILES string of the molecule is Cc1c([N+](=O)[O-])ccc(N(CCOS(C)(=O)=O)CCOS(C)(=O)=O)c1[N+](=O)[O-]. The molecule has 15 heteroatoms. The van der Waals surface area contributed by atoms with E-state index in [0.29, 0.717) is 0 Å². The highest BCUT2D eigenvalue weighted by atomic mass is 32.2. The van der Waals surface area contributed by atoms with Crippen LogP contribution in [0.4, 0.5) is 17.1 Å². The summed E-state index contributed by atoms with van der Waals surface area (Å²) in [6.45, 7) is 0.0737. The Morgan fingerprint density at radius 3 is 1.75 bits per heavy atom. The molecule has 0 N–H and O–H groups in total. The fourth-order valence-corrected chi connectivity index (χ4v) is 3.06. The molecule has 0 aliphatic rings. The summed E-state index contributed by atoms with van der Waals surface area (Å²) in [7, 11) is -7.55. The van der Waals surface area contributed by atoms with E-state index in [4.69, 9.17) is 0 Å². The van der Waals surface area contributed by atoms with E-state index >= 15 is 0 Å². The number of rotatable bonds is 11. The summed E-state index contributed by atoms with van der Waals surface area (Å²) in [5.74, 6) is 0. The summed E-state index contributed by atoms with van der Waals surface area (Å²) in [5.41, 5.74) is -1.30. The van der Waals surface area contributed by atoms with Crippen LogP contribution in [0.3, 0.4) is 0 Å². The summed E-state index contributed by atoms with van der Waals surface area (Å²) < 4.78 is 53.7. The van der Waals surface area contributed by atoms with Crippen LogP contribution in [0.25, 0.3) is 0 Å². The average Bonchev–Trinajstić information content (AvgIpc) is 2.50. The minimum absolute atomic E-state index is 0.0673. The molecular formula is C13H19N3O10S2. The molecule has 0 heterocycles. The molecule has 13 nitrogen and oxygen atoms in total. The number of nitro groups is 2. The van der Waals surface area contributed by atoms with Crippen molar-refractivity contribution >= 4 is 37.3 Å². The van der Waals surface area contributed by atoms with E-state index in [1.165, 1.54) is 11.8 Å². The number of hydrogen-bond donors (Lipinski definition) is 0. The Morgan fingerprint density at radius 2 is 1.39 bits per heavy atom. The highest BCUT2D eigenvalue weighted by Crippen LogP contribution is 2.36. The topological polar surface area (TPSA) is 176 Å². The molecule has 0 spiro atoms. The van der Waals surface area contributed by atoms with Gasteiger partial charge in [0, 0.05) is 19.2 Å². The van der Waals surface area contributed by atoms with Crippen LogP contribution in [-0.4, -0.2) is 65.5 Å². The van der Waals surface area contributed by atoms with E-state index in [-0.39, 0.29) is 37.6 Å². The minimum atomic E-state index is -3.78. The minimum Gasteiger partial charge on any atom is -0.361 e. The molecule has 0 aliphatic carbocycles. The maximum absolute atomic E-state index is 11.5. The van der Waals surface area contributed by atoms with E-state index in [1.54, 1.807) is 0 Å². The van der Waals surface area contributed by atoms with Crippen LogP contribution < -0.4 is 4.90 Å². The molecule has 0 aliphatic heterocycles. The van der Waals surface area contributed by atoms with Gasteiger partial charge in [-0.25, -0.2) is 0 Å². The van der Waals surface area contributed by atoms with Crippen molar-refractivity contribution in [2.45, 2.75) is 6.92 Å². The molecule has 28 heavy (non-hydrogen) atoms. The van der Waals surface area contributed by atoms with Gasteiger partial charge in [-0.3, -0.25) is 28.6 Å². The van der Waals surface area contributed by atoms with Crippen LogP contribution in [0.5, 0.6) is 0 Å². The van der Waals surface area contributed by atoms with E-state index in [0.717, 1.165) is 24.6 Å². The van der Waals surface area contributed by atoms with Gasteiger partial charge in [-0.15, -0.1) is 0 Å². The average molecular weight is 441 g/mol. The smallest absolute Gasteiger partial charge is 0.302 e. The third-order valence-corrected chi connectivity index (χ3v) is 4.61. The molecule has 1 aromatic carbocycles. The Morgan fingerprint density at radius 1 is 0.929 bits per heavy atom. The van der Waals surface area contributed by atoms with Crippen molar-refractivity contribution in [1.82, 2.24) is 0 Å². The first-order valence-electron chi connectivity index (χ1n) is 7.59. The lowest BCUT2D eigenvalue weighted by atomic mass is 10.1. The summed E-state index contributed by atoms with van der Waals surface area (Å²) >= 11 is 0. The second-order valence-corrected chi connectivity index (χ2v) is 8.92. The largest absolute Gasteiger partial charge is 0.361 e. The van der Waals surface area contributed by atoms with Crippen LogP contribution in [0.15, 0.2) is 12.1 Å². The fraction of sp³-hybridized carbons (Fsp3) is 0.538. The first-order valence-corrected chi connectivity index (χ1v) is 11.2. The summed E-state index contributed by atoms with van der Waals surface area (Å²) in [6, 6.07) is 2.20. The second kappa shape index (κ2) is 9.22. The zero-order valence-corrected chi connectivity index (χ0v) is 16.9. The number of hydrogen-bond acceptors (Lipinski definition) is 11. The molecule has 0 saturated heterocycles. The van der Waals surface area contributed by atoms with Crippen LogP contribution in [0.1, 0.15) is 5.56 Å². The fourth-order valence-electron chi connectivity index (χ4n) is 2.31. The van der Waals surface area contributed by atoms with Gasteiger partial charge in [0.15, 0.2) is 0 Å². The van der Waals surface area contributed by atoms with Crippen LogP contribution in [0, 0.1) is 27.2 Å². The highest BCUT2D eigenvalue weighted by molar-refractivity contribution is 7.86. The summed E-state index contributed by atoms with van der Waals surface area (Å²) in [6.07, 6.45) is 1.64. The van der Waals surface area contributed by atoms with Crippen LogP contribution in [0.2, 0.25) is 0 Å². The highest BCUT2D eigenvalue weighted by Gasteiger charge is 2.28. The molecule has 0 fully saturated rings. The van der Waals surface area contributed by atoms with Gasteiger partial charge in [0.1, 0.15) is 11.3 Å². The van der Waals surface area contributed by atoms with Crippen LogP contribution in [-0.2, 0) is 28.6 Å². The molecule has 1 rings (SSSR count). The first-order chi connectivity index (χ1) is 12.7. The number of nitro benzene ring substituents is 2. The lowest BCUT2D eigenvalue weighted by molar-refractivity contribution is -0.394. The van der Waals surface area contributed by atoms with Gasteiger partial charge in [-0.2, -0.15) is 16.8 Å². The molecular weight excluding hydrogens is 422 g/mol. The molecule has 0 radical (unpaired) electrons. The maximum Gasteiger partial charge on any atom is 0.302 e. The van der Waals surface area contributed by atoms with Gasteiger partial charge in [-0.05, 0) is 13.0 Å². The Hall–Kier alpha value is -2.36. The third-order valence-electron chi connectivity index (χ3n) is 3.42. The van der Waals surface area contributed by atoms with Crippen molar-refractivity contribution in [3.63, 3.8) is 0 Å². The lowest BCUT2D eigenvalue weighted by Crippen LogP contribution is -2.32. The van der Waals surface area contributed by atoms with Gasteiger partial charge in [0.25, 0.3) is 25.9 Å². The van der Waals surface area contributed by atoms with Gasteiger partial charge in [0.05, 0.1) is 35.6 Å². The van der Waals surface area contributed by atoms with E-state index < -0.39 is 41.5 Å². The standard InChI is InChI=1S/C13H19N3O10S2/c1-10-11(15(17)18)4-5-12(13(10)16(19)20)14(6-8-25-27(2,21)22)7-9-26-28(3,23)24/h4-5H,6-9H2,1-3H3. The zero-order chi connectivity index (χ0) is 21.7. The second-order valence-electron chi connectivity index (χ2n) is 5.63. The van der Waals surface area contributed by atoms with Gasteiger partial charge >= 0.3 is 5.69 Å². The monoisotopic (exact) mass is 441 g/mol. The van der Waals surface area contributed by atoms with Crippen LogP contribution >= 0.6 is 0 Å². The zero-order valence-electron chi connectivity index (χ0n) is 15.2. The molecule has 0 atom stereocenters. The van der Waals surface area contributed by atoms with E-state index in [2.05, 4.69) is 8.37 Å². The Labute approximate surface area is 161 Å². The number of nitrogens with zero attached hydrogens (tertiary/aromatic N) is 3. The third kappa shape index (κ3) is 7.34. The number of anilines is 1. The normalized spacial score (nSPS) is 12.0. The Bertz CT molecular complexity index is 921. The molecule has 0 amide bonds. The van der Waals surface area contributed by atoms with Gasteiger partial charge in [0.2, 0.25) is 0 Å². The van der Waals surface area contributed by atoms with E-state index in [9.17, 15) is 37.1 Å². The van der Waals surface area contributed by atoms with Crippen molar-refractivity contribution in [3.05, 3.63) is 37.9 Å². The predicted molar refractivity (Wildman–Crippen MR) is 98.3 cm³/mol. The van der Waals surface area contributed by atoms with Gasteiger partial charge < -0.3 is 4.90 Å². The summed E-state index contributed by atoms with van der Waals surface area (Å²) in [4.78, 5) is 22.2. The molecule has 0 bridgehead atoms. The Kier molecular flexibility index (Phi) is 7.80. The lowest BCUT2D eigenvalue weighted by Gasteiger charge is -2.24. The van der Waals surface area contributed by atoms with Crippen molar-refractivity contribution < 1.29 is 35.0 Å². The Balaban J connectivity index is 3.28.